The maximum atomic E-state index is 8.94. The molecule has 74 valence electrons. The van der Waals surface area contributed by atoms with Crippen LogP contribution in [0, 0.1) is 11.3 Å². The second-order valence-corrected chi connectivity index (χ2v) is 3.06. The molecule has 1 heterocycles. The van der Waals surface area contributed by atoms with Gasteiger partial charge in [0.25, 0.3) is 0 Å². The number of nitrogens with zero attached hydrogens (tertiary/aromatic N) is 2. The van der Waals surface area contributed by atoms with Crippen LogP contribution < -0.4 is 4.74 Å². The summed E-state index contributed by atoms with van der Waals surface area (Å²) in [5.41, 5.74) is 1.37. The van der Waals surface area contributed by atoms with Crippen LogP contribution in [0.4, 0.5) is 0 Å². The molecule has 0 atom stereocenters. The number of aromatic nitrogens is 1. The first-order chi connectivity index (χ1) is 7.36. The molecule has 1 aromatic carbocycles. The fourth-order valence-electron chi connectivity index (χ4n) is 1.52. The summed E-state index contributed by atoms with van der Waals surface area (Å²) >= 11 is 0. The van der Waals surface area contributed by atoms with Crippen molar-refractivity contribution in [2.75, 3.05) is 6.61 Å². The van der Waals surface area contributed by atoms with Crippen molar-refractivity contribution in [3.8, 4) is 11.8 Å². The van der Waals surface area contributed by atoms with Gasteiger partial charge < -0.3 is 4.74 Å². The number of hydrogen-bond donors (Lipinski definition) is 0. The molecule has 2 rings (SSSR count). The molecule has 0 N–H and O–H groups in total. The van der Waals surface area contributed by atoms with E-state index in [1.165, 1.54) is 0 Å². The fraction of sp³-hybridized carbons (Fsp3) is 0.167. The highest BCUT2D eigenvalue weighted by Gasteiger charge is 2.06. The van der Waals surface area contributed by atoms with Gasteiger partial charge in [0, 0.05) is 11.6 Å². The van der Waals surface area contributed by atoms with Crippen molar-refractivity contribution < 1.29 is 4.74 Å². The molecule has 0 spiro atoms. The Bertz CT molecular complexity index is 529. The van der Waals surface area contributed by atoms with E-state index in [0.29, 0.717) is 12.2 Å². The number of benzene rings is 1. The van der Waals surface area contributed by atoms with Crippen LogP contribution in [-0.2, 0) is 0 Å². The van der Waals surface area contributed by atoms with Crippen LogP contribution in [0.1, 0.15) is 12.5 Å². The van der Waals surface area contributed by atoms with Crippen molar-refractivity contribution in [1.29, 1.82) is 5.26 Å². The molecule has 0 unspecified atom stereocenters. The van der Waals surface area contributed by atoms with E-state index in [-0.39, 0.29) is 0 Å². The van der Waals surface area contributed by atoms with E-state index in [0.717, 1.165) is 16.7 Å². The molecule has 2 aromatic rings. The van der Waals surface area contributed by atoms with Crippen LogP contribution in [0.25, 0.3) is 10.9 Å². The van der Waals surface area contributed by atoms with Crippen molar-refractivity contribution in [2.45, 2.75) is 6.92 Å². The van der Waals surface area contributed by atoms with Gasteiger partial charge in [0.1, 0.15) is 11.3 Å². The van der Waals surface area contributed by atoms with E-state index in [2.05, 4.69) is 11.1 Å². The van der Waals surface area contributed by atoms with Gasteiger partial charge >= 0.3 is 0 Å². The van der Waals surface area contributed by atoms with Gasteiger partial charge in [-0.15, -0.1) is 0 Å². The summed E-state index contributed by atoms with van der Waals surface area (Å²) in [7, 11) is 0. The van der Waals surface area contributed by atoms with E-state index in [1.54, 1.807) is 18.3 Å². The number of hydrogen-bond acceptors (Lipinski definition) is 3. The smallest absolute Gasteiger partial charge is 0.145 e. The van der Waals surface area contributed by atoms with Gasteiger partial charge in [-0.1, -0.05) is 0 Å². The minimum atomic E-state index is 0.595. The van der Waals surface area contributed by atoms with E-state index in [1.807, 2.05) is 19.1 Å². The molecule has 0 radical (unpaired) electrons. The topological polar surface area (TPSA) is 45.9 Å². The van der Waals surface area contributed by atoms with Gasteiger partial charge in [-0.05, 0) is 31.2 Å². The third-order valence-electron chi connectivity index (χ3n) is 2.15. The lowest BCUT2D eigenvalue weighted by Gasteiger charge is -2.06. The zero-order chi connectivity index (χ0) is 10.7. The van der Waals surface area contributed by atoms with Gasteiger partial charge in [-0.25, -0.2) is 0 Å². The standard InChI is InChI=1S/C12H10N2O/c1-2-15-11-6-5-9(8-13)10-4-3-7-14-12(10)11/h3-7H,2H2,1H3. The molecule has 0 aliphatic heterocycles. The van der Waals surface area contributed by atoms with E-state index < -0.39 is 0 Å². The third-order valence-corrected chi connectivity index (χ3v) is 2.15. The summed E-state index contributed by atoms with van der Waals surface area (Å²) in [6.07, 6.45) is 1.70. The summed E-state index contributed by atoms with van der Waals surface area (Å²) in [5.74, 6) is 0.729. The first-order valence-corrected chi connectivity index (χ1v) is 4.77. The lowest BCUT2D eigenvalue weighted by atomic mass is 10.1. The maximum Gasteiger partial charge on any atom is 0.145 e. The van der Waals surface area contributed by atoms with Crippen molar-refractivity contribution >= 4 is 10.9 Å². The first kappa shape index (κ1) is 9.47. The number of rotatable bonds is 2. The second-order valence-electron chi connectivity index (χ2n) is 3.06. The number of ether oxygens (including phenoxy) is 1. The summed E-state index contributed by atoms with van der Waals surface area (Å²) in [6.45, 7) is 2.52. The second kappa shape index (κ2) is 3.97. The highest BCUT2D eigenvalue weighted by molar-refractivity contribution is 5.89. The molecular weight excluding hydrogens is 188 g/mol. The lowest BCUT2D eigenvalue weighted by molar-refractivity contribution is 0.343. The molecule has 0 aliphatic carbocycles. The molecule has 0 saturated carbocycles. The van der Waals surface area contributed by atoms with E-state index >= 15 is 0 Å². The third kappa shape index (κ3) is 1.62. The zero-order valence-corrected chi connectivity index (χ0v) is 8.40. The summed E-state index contributed by atoms with van der Waals surface area (Å²) in [5, 5.41) is 9.78. The van der Waals surface area contributed by atoms with Crippen LogP contribution in [-0.4, -0.2) is 11.6 Å². The van der Waals surface area contributed by atoms with Gasteiger partial charge in [0.05, 0.1) is 18.2 Å². The molecular formula is C12H10N2O. The summed E-state index contributed by atoms with van der Waals surface area (Å²) < 4.78 is 5.45. The largest absolute Gasteiger partial charge is 0.492 e. The Morgan fingerprint density at radius 3 is 3.00 bits per heavy atom. The Labute approximate surface area is 87.9 Å². The lowest BCUT2D eigenvalue weighted by Crippen LogP contribution is -1.94. The first-order valence-electron chi connectivity index (χ1n) is 4.77. The minimum Gasteiger partial charge on any atom is -0.492 e. The van der Waals surface area contributed by atoms with Gasteiger partial charge in [0.15, 0.2) is 0 Å². The molecule has 0 amide bonds. The average molecular weight is 198 g/mol. The van der Waals surface area contributed by atoms with Crippen LogP contribution in [0.2, 0.25) is 0 Å². The number of pyridine rings is 1. The Morgan fingerprint density at radius 2 is 2.27 bits per heavy atom. The van der Waals surface area contributed by atoms with Crippen LogP contribution in [0.15, 0.2) is 30.5 Å². The molecule has 15 heavy (non-hydrogen) atoms. The molecule has 3 heteroatoms. The fourth-order valence-corrected chi connectivity index (χ4v) is 1.52. The highest BCUT2D eigenvalue weighted by Crippen LogP contribution is 2.25. The number of nitriles is 1. The molecule has 0 fully saturated rings. The van der Waals surface area contributed by atoms with Gasteiger partial charge in [-0.3, -0.25) is 4.98 Å². The molecule has 1 aromatic heterocycles. The molecule has 0 saturated heterocycles. The Morgan fingerprint density at radius 1 is 1.40 bits per heavy atom. The van der Waals surface area contributed by atoms with Crippen molar-refractivity contribution in [2.24, 2.45) is 0 Å². The van der Waals surface area contributed by atoms with Crippen LogP contribution >= 0.6 is 0 Å². The highest BCUT2D eigenvalue weighted by atomic mass is 16.5. The molecule has 0 aliphatic rings. The van der Waals surface area contributed by atoms with Crippen molar-refractivity contribution in [1.82, 2.24) is 4.98 Å². The average Bonchev–Trinajstić information content (AvgIpc) is 2.30. The van der Waals surface area contributed by atoms with E-state index in [4.69, 9.17) is 10.00 Å². The molecule has 3 nitrogen and oxygen atoms in total. The molecule has 0 bridgehead atoms. The van der Waals surface area contributed by atoms with Crippen LogP contribution in [0.3, 0.4) is 0 Å². The van der Waals surface area contributed by atoms with Gasteiger partial charge in [-0.2, -0.15) is 5.26 Å². The normalized spacial score (nSPS) is 9.87. The summed E-state index contributed by atoms with van der Waals surface area (Å²) in [4.78, 5) is 4.23. The van der Waals surface area contributed by atoms with Crippen LogP contribution in [0.5, 0.6) is 5.75 Å². The minimum absolute atomic E-state index is 0.595. The predicted molar refractivity (Wildman–Crippen MR) is 57.6 cm³/mol. The summed E-state index contributed by atoms with van der Waals surface area (Å²) in [6, 6.07) is 9.39. The quantitative estimate of drug-likeness (QED) is 0.744. The maximum absolute atomic E-state index is 8.94. The predicted octanol–water partition coefficient (Wildman–Crippen LogP) is 2.51. The van der Waals surface area contributed by atoms with Gasteiger partial charge in [0.2, 0.25) is 0 Å². The Hall–Kier alpha value is -2.08. The number of fused-ring (bicyclic) bond motifs is 1. The van der Waals surface area contributed by atoms with Crippen molar-refractivity contribution in [3.63, 3.8) is 0 Å². The Kier molecular flexibility index (Phi) is 2.51. The van der Waals surface area contributed by atoms with Crippen molar-refractivity contribution in [3.05, 3.63) is 36.0 Å². The Balaban J connectivity index is 2.73. The monoisotopic (exact) mass is 198 g/mol. The van der Waals surface area contributed by atoms with E-state index in [9.17, 15) is 0 Å². The zero-order valence-electron chi connectivity index (χ0n) is 8.40. The SMILES string of the molecule is CCOc1ccc(C#N)c2cccnc12.